The highest BCUT2D eigenvalue weighted by Gasteiger charge is 2.18. The Morgan fingerprint density at radius 1 is 1.38 bits per heavy atom. The van der Waals surface area contributed by atoms with Crippen molar-refractivity contribution in [3.63, 3.8) is 0 Å². The molecule has 21 heavy (non-hydrogen) atoms. The maximum absolute atomic E-state index is 12.0. The molecule has 0 aromatic heterocycles. The van der Waals surface area contributed by atoms with E-state index in [1.807, 2.05) is 18.2 Å². The molecule has 2 aliphatic rings. The fraction of sp³-hybridized carbons (Fsp3) is 0.533. The van der Waals surface area contributed by atoms with Gasteiger partial charge in [-0.15, -0.1) is 0 Å². The quantitative estimate of drug-likeness (QED) is 0.918. The average Bonchev–Trinajstić information content (AvgIpc) is 3.15. The van der Waals surface area contributed by atoms with Crippen LogP contribution in [0.4, 0.5) is 4.79 Å². The van der Waals surface area contributed by atoms with E-state index in [4.69, 9.17) is 14.2 Å². The first-order valence-corrected chi connectivity index (χ1v) is 7.21. The Balaban J connectivity index is 1.50. The lowest BCUT2D eigenvalue weighted by Gasteiger charge is -2.19. The van der Waals surface area contributed by atoms with Gasteiger partial charge in [0, 0.05) is 26.7 Å². The zero-order valence-corrected chi connectivity index (χ0v) is 12.1. The number of carbonyl (C=O) groups is 1. The van der Waals surface area contributed by atoms with Crippen LogP contribution in [-0.2, 0) is 11.3 Å². The summed E-state index contributed by atoms with van der Waals surface area (Å²) in [5.74, 6) is 1.49. The van der Waals surface area contributed by atoms with Gasteiger partial charge in [-0.05, 0) is 30.5 Å². The summed E-state index contributed by atoms with van der Waals surface area (Å²) in [7, 11) is 1.77. The highest BCUT2D eigenvalue weighted by atomic mass is 16.7. The number of nitrogens with zero attached hydrogens (tertiary/aromatic N) is 1. The second kappa shape index (κ2) is 6.22. The van der Waals surface area contributed by atoms with Crippen LogP contribution >= 0.6 is 0 Å². The van der Waals surface area contributed by atoms with Crippen molar-refractivity contribution in [2.75, 3.05) is 27.0 Å². The van der Waals surface area contributed by atoms with Crippen molar-refractivity contribution in [2.24, 2.45) is 0 Å². The maximum Gasteiger partial charge on any atom is 0.317 e. The SMILES string of the molecule is CN(Cc1ccc2c(c1)OCO2)C(=O)NCC1CCCO1. The van der Waals surface area contributed by atoms with E-state index in [-0.39, 0.29) is 18.9 Å². The smallest absolute Gasteiger partial charge is 0.317 e. The van der Waals surface area contributed by atoms with Gasteiger partial charge in [0.25, 0.3) is 0 Å². The number of carbonyl (C=O) groups excluding carboxylic acids is 1. The summed E-state index contributed by atoms with van der Waals surface area (Å²) < 4.78 is 16.1. The van der Waals surface area contributed by atoms with Gasteiger partial charge in [0.2, 0.25) is 6.79 Å². The first-order chi connectivity index (χ1) is 10.2. The van der Waals surface area contributed by atoms with E-state index >= 15 is 0 Å². The molecule has 2 amide bonds. The van der Waals surface area contributed by atoms with Crippen LogP contribution in [0.5, 0.6) is 11.5 Å². The second-order valence-corrected chi connectivity index (χ2v) is 5.36. The number of ether oxygens (including phenoxy) is 3. The average molecular weight is 292 g/mol. The van der Waals surface area contributed by atoms with Crippen molar-refractivity contribution in [2.45, 2.75) is 25.5 Å². The molecule has 1 fully saturated rings. The van der Waals surface area contributed by atoms with Crippen LogP contribution in [0.15, 0.2) is 18.2 Å². The number of benzene rings is 1. The van der Waals surface area contributed by atoms with Gasteiger partial charge in [0.05, 0.1) is 6.10 Å². The summed E-state index contributed by atoms with van der Waals surface area (Å²) in [5.41, 5.74) is 1.01. The van der Waals surface area contributed by atoms with Crippen LogP contribution in [0.1, 0.15) is 18.4 Å². The minimum absolute atomic E-state index is 0.0943. The largest absolute Gasteiger partial charge is 0.454 e. The van der Waals surface area contributed by atoms with Crippen LogP contribution in [0.25, 0.3) is 0 Å². The van der Waals surface area contributed by atoms with E-state index in [2.05, 4.69) is 5.32 Å². The standard InChI is InChI=1S/C15H20N2O4/c1-17(15(18)16-8-12-3-2-6-19-12)9-11-4-5-13-14(7-11)21-10-20-13/h4-5,7,12H,2-3,6,8-10H2,1H3,(H,16,18). The molecule has 3 rings (SSSR count). The predicted molar refractivity (Wildman–Crippen MR) is 76.4 cm³/mol. The number of hydrogen-bond acceptors (Lipinski definition) is 4. The van der Waals surface area contributed by atoms with Crippen LogP contribution in [0, 0.1) is 0 Å². The first-order valence-electron chi connectivity index (χ1n) is 7.21. The molecule has 1 atom stereocenters. The van der Waals surface area contributed by atoms with Crippen molar-refractivity contribution in [3.05, 3.63) is 23.8 Å². The van der Waals surface area contributed by atoms with E-state index in [1.165, 1.54) is 0 Å². The van der Waals surface area contributed by atoms with Gasteiger partial charge in [-0.1, -0.05) is 6.07 Å². The molecule has 0 bridgehead atoms. The van der Waals surface area contributed by atoms with E-state index in [0.717, 1.165) is 36.5 Å². The Morgan fingerprint density at radius 3 is 3.05 bits per heavy atom. The number of fused-ring (bicyclic) bond motifs is 1. The topological polar surface area (TPSA) is 60.0 Å². The van der Waals surface area contributed by atoms with Crippen molar-refractivity contribution in [1.82, 2.24) is 10.2 Å². The Morgan fingerprint density at radius 2 is 2.24 bits per heavy atom. The third-order valence-electron chi connectivity index (χ3n) is 3.71. The molecule has 1 aromatic rings. The highest BCUT2D eigenvalue weighted by Crippen LogP contribution is 2.32. The summed E-state index contributed by atoms with van der Waals surface area (Å²) in [5, 5.41) is 2.90. The molecule has 6 heteroatoms. The van der Waals surface area contributed by atoms with Gasteiger partial charge in [-0.25, -0.2) is 4.79 Å². The van der Waals surface area contributed by atoms with Gasteiger partial charge in [-0.3, -0.25) is 0 Å². The molecular weight excluding hydrogens is 272 g/mol. The number of rotatable bonds is 4. The molecule has 1 N–H and O–H groups in total. The molecule has 0 saturated carbocycles. The summed E-state index contributed by atoms with van der Waals surface area (Å²) in [6.45, 7) is 2.16. The number of urea groups is 1. The number of amides is 2. The molecule has 2 heterocycles. The Hall–Kier alpha value is -1.95. The van der Waals surface area contributed by atoms with Crippen LogP contribution in [0.2, 0.25) is 0 Å². The van der Waals surface area contributed by atoms with E-state index in [0.29, 0.717) is 13.1 Å². The maximum atomic E-state index is 12.0. The van der Waals surface area contributed by atoms with Gasteiger partial charge in [0.15, 0.2) is 11.5 Å². The van der Waals surface area contributed by atoms with E-state index < -0.39 is 0 Å². The van der Waals surface area contributed by atoms with Crippen LogP contribution in [-0.4, -0.2) is 44.0 Å². The molecule has 1 unspecified atom stereocenters. The first kappa shape index (κ1) is 14.0. The Labute approximate surface area is 124 Å². The van der Waals surface area contributed by atoms with Crippen molar-refractivity contribution >= 4 is 6.03 Å². The summed E-state index contributed by atoms with van der Waals surface area (Å²) >= 11 is 0. The van der Waals surface area contributed by atoms with Gasteiger partial charge >= 0.3 is 6.03 Å². The molecule has 1 aromatic carbocycles. The summed E-state index contributed by atoms with van der Waals surface area (Å²) in [6.07, 6.45) is 2.26. The fourth-order valence-electron chi connectivity index (χ4n) is 2.53. The van der Waals surface area contributed by atoms with E-state index in [9.17, 15) is 4.79 Å². The molecule has 0 radical (unpaired) electrons. The lowest BCUT2D eigenvalue weighted by Crippen LogP contribution is -2.40. The Bertz CT molecular complexity index is 514. The highest BCUT2D eigenvalue weighted by molar-refractivity contribution is 5.73. The van der Waals surface area contributed by atoms with Crippen molar-refractivity contribution < 1.29 is 19.0 Å². The molecule has 1 saturated heterocycles. The lowest BCUT2D eigenvalue weighted by molar-refractivity contribution is 0.109. The van der Waals surface area contributed by atoms with Crippen molar-refractivity contribution in [1.29, 1.82) is 0 Å². The normalized spacial score (nSPS) is 19.6. The van der Waals surface area contributed by atoms with Gasteiger partial charge in [0.1, 0.15) is 0 Å². The molecular formula is C15H20N2O4. The van der Waals surface area contributed by atoms with Gasteiger partial charge < -0.3 is 24.4 Å². The third-order valence-corrected chi connectivity index (χ3v) is 3.71. The summed E-state index contributed by atoms with van der Waals surface area (Å²) in [4.78, 5) is 13.7. The van der Waals surface area contributed by atoms with Crippen molar-refractivity contribution in [3.8, 4) is 11.5 Å². The third kappa shape index (κ3) is 3.39. The minimum Gasteiger partial charge on any atom is -0.454 e. The van der Waals surface area contributed by atoms with Crippen LogP contribution < -0.4 is 14.8 Å². The molecule has 6 nitrogen and oxygen atoms in total. The zero-order chi connectivity index (χ0) is 14.7. The molecule has 114 valence electrons. The zero-order valence-electron chi connectivity index (χ0n) is 12.1. The summed E-state index contributed by atoms with van der Waals surface area (Å²) in [6, 6.07) is 5.63. The fourth-order valence-corrected chi connectivity index (χ4v) is 2.53. The van der Waals surface area contributed by atoms with E-state index in [1.54, 1.807) is 11.9 Å². The molecule has 0 aliphatic carbocycles. The number of hydrogen-bond donors (Lipinski definition) is 1. The second-order valence-electron chi connectivity index (χ2n) is 5.36. The van der Waals surface area contributed by atoms with Crippen LogP contribution in [0.3, 0.4) is 0 Å². The molecule has 2 aliphatic heterocycles. The molecule has 0 spiro atoms. The van der Waals surface area contributed by atoms with Gasteiger partial charge in [-0.2, -0.15) is 0 Å². The minimum atomic E-state index is -0.0943. The lowest BCUT2D eigenvalue weighted by atomic mass is 10.2. The Kier molecular flexibility index (Phi) is 4.15. The monoisotopic (exact) mass is 292 g/mol. The number of nitrogens with one attached hydrogen (secondary N) is 1. The predicted octanol–water partition coefficient (Wildman–Crippen LogP) is 1.74.